The van der Waals surface area contributed by atoms with E-state index >= 15 is 0 Å². The smallest absolute Gasteiger partial charge is 0.225 e. The number of aryl methyl sites for hydroxylation is 1. The molecule has 0 fully saturated rings. The highest BCUT2D eigenvalue weighted by Gasteiger charge is 2.20. The first-order valence-corrected chi connectivity index (χ1v) is 8.49. The third kappa shape index (κ3) is 3.92. The fourth-order valence-electron chi connectivity index (χ4n) is 2.60. The molecule has 1 aromatic heterocycles. The minimum absolute atomic E-state index is 0.0332. The van der Waals surface area contributed by atoms with Gasteiger partial charge in [0.05, 0.1) is 6.42 Å². The van der Waals surface area contributed by atoms with Crippen LogP contribution in [0.4, 0.5) is 0 Å². The van der Waals surface area contributed by atoms with Crippen molar-refractivity contribution in [2.24, 2.45) is 7.05 Å². The lowest BCUT2D eigenvalue weighted by Gasteiger charge is -2.19. The second-order valence-electron chi connectivity index (χ2n) is 5.61. The first kappa shape index (κ1) is 16.5. The van der Waals surface area contributed by atoms with Crippen molar-refractivity contribution in [1.29, 1.82) is 0 Å². The average molecular weight is 384 g/mol. The van der Waals surface area contributed by atoms with Gasteiger partial charge >= 0.3 is 0 Å². The summed E-state index contributed by atoms with van der Waals surface area (Å²) in [5.41, 5.74) is 1.98. The Bertz CT molecular complexity index is 812. The van der Waals surface area contributed by atoms with E-state index in [1.165, 1.54) is 0 Å². The maximum absolute atomic E-state index is 12.5. The molecule has 1 N–H and O–H groups in total. The SMILES string of the molecule is Cn1ccnc1C(NC(=O)Cc1ccc(Br)cc1)c1ccccc1. The van der Waals surface area contributed by atoms with Crippen molar-refractivity contribution < 1.29 is 4.79 Å². The first-order chi connectivity index (χ1) is 11.6. The molecule has 122 valence electrons. The van der Waals surface area contributed by atoms with Gasteiger partial charge in [0.1, 0.15) is 11.9 Å². The number of halogens is 1. The van der Waals surface area contributed by atoms with Crippen molar-refractivity contribution in [1.82, 2.24) is 14.9 Å². The number of hydrogen-bond donors (Lipinski definition) is 1. The normalized spacial score (nSPS) is 11.9. The fourth-order valence-corrected chi connectivity index (χ4v) is 2.86. The van der Waals surface area contributed by atoms with Crippen LogP contribution in [0.2, 0.25) is 0 Å². The van der Waals surface area contributed by atoms with Gasteiger partial charge in [-0.25, -0.2) is 4.98 Å². The Balaban J connectivity index is 1.80. The van der Waals surface area contributed by atoms with E-state index in [2.05, 4.69) is 26.2 Å². The number of imidazole rings is 1. The highest BCUT2D eigenvalue weighted by atomic mass is 79.9. The lowest BCUT2D eigenvalue weighted by atomic mass is 10.1. The predicted molar refractivity (Wildman–Crippen MR) is 97.5 cm³/mol. The van der Waals surface area contributed by atoms with E-state index in [0.717, 1.165) is 21.4 Å². The van der Waals surface area contributed by atoms with Gasteiger partial charge in [-0.15, -0.1) is 0 Å². The molecule has 0 saturated carbocycles. The third-order valence-electron chi connectivity index (χ3n) is 3.83. The number of carbonyl (C=O) groups is 1. The summed E-state index contributed by atoms with van der Waals surface area (Å²) in [4.78, 5) is 16.9. The maximum Gasteiger partial charge on any atom is 0.225 e. The number of hydrogen-bond acceptors (Lipinski definition) is 2. The standard InChI is InChI=1S/C19H18BrN3O/c1-23-12-11-21-19(23)18(15-5-3-2-4-6-15)22-17(24)13-14-7-9-16(20)10-8-14/h2-12,18H,13H2,1H3,(H,22,24). The van der Waals surface area contributed by atoms with E-state index in [9.17, 15) is 4.79 Å². The molecule has 4 nitrogen and oxygen atoms in total. The molecule has 0 radical (unpaired) electrons. The van der Waals surface area contributed by atoms with Crippen molar-refractivity contribution in [3.63, 3.8) is 0 Å². The zero-order valence-corrected chi connectivity index (χ0v) is 14.9. The molecular weight excluding hydrogens is 366 g/mol. The monoisotopic (exact) mass is 383 g/mol. The molecule has 0 saturated heterocycles. The lowest BCUT2D eigenvalue weighted by Crippen LogP contribution is -2.32. The van der Waals surface area contributed by atoms with Gasteiger partial charge in [0.15, 0.2) is 0 Å². The van der Waals surface area contributed by atoms with E-state index in [0.29, 0.717) is 6.42 Å². The largest absolute Gasteiger partial charge is 0.342 e. The van der Waals surface area contributed by atoms with E-state index in [1.54, 1.807) is 6.20 Å². The molecule has 0 spiro atoms. The van der Waals surface area contributed by atoms with E-state index in [-0.39, 0.29) is 11.9 Å². The van der Waals surface area contributed by atoms with Crippen LogP contribution in [0.1, 0.15) is 23.0 Å². The number of nitrogens with zero attached hydrogens (tertiary/aromatic N) is 2. The van der Waals surface area contributed by atoms with Gasteiger partial charge in [0.2, 0.25) is 5.91 Å². The molecule has 1 atom stereocenters. The van der Waals surface area contributed by atoms with E-state index in [1.807, 2.05) is 72.4 Å². The number of amides is 1. The Labute approximate surface area is 149 Å². The Morgan fingerprint density at radius 3 is 2.50 bits per heavy atom. The number of nitrogens with one attached hydrogen (secondary N) is 1. The second kappa shape index (κ2) is 7.45. The van der Waals surface area contributed by atoms with Crippen LogP contribution in [0.15, 0.2) is 71.5 Å². The minimum Gasteiger partial charge on any atom is -0.342 e. The van der Waals surface area contributed by atoms with Crippen LogP contribution in [0.25, 0.3) is 0 Å². The Morgan fingerprint density at radius 2 is 1.88 bits per heavy atom. The summed E-state index contributed by atoms with van der Waals surface area (Å²) in [6, 6.07) is 17.4. The Morgan fingerprint density at radius 1 is 1.17 bits per heavy atom. The Hall–Kier alpha value is -2.40. The maximum atomic E-state index is 12.5. The van der Waals surface area contributed by atoms with Gasteiger partial charge in [0, 0.05) is 23.9 Å². The van der Waals surface area contributed by atoms with E-state index < -0.39 is 0 Å². The lowest BCUT2D eigenvalue weighted by molar-refractivity contribution is -0.121. The highest BCUT2D eigenvalue weighted by Crippen LogP contribution is 2.20. The highest BCUT2D eigenvalue weighted by molar-refractivity contribution is 9.10. The quantitative estimate of drug-likeness (QED) is 0.730. The van der Waals surface area contributed by atoms with Gasteiger partial charge in [-0.05, 0) is 23.3 Å². The molecule has 3 aromatic rings. The average Bonchev–Trinajstić information content (AvgIpc) is 3.01. The van der Waals surface area contributed by atoms with Crippen LogP contribution >= 0.6 is 15.9 Å². The summed E-state index contributed by atoms with van der Waals surface area (Å²) in [7, 11) is 1.93. The zero-order chi connectivity index (χ0) is 16.9. The van der Waals surface area contributed by atoms with Crippen LogP contribution in [0.5, 0.6) is 0 Å². The molecule has 24 heavy (non-hydrogen) atoms. The number of carbonyl (C=O) groups excluding carboxylic acids is 1. The van der Waals surface area contributed by atoms with Gasteiger partial charge in [-0.2, -0.15) is 0 Å². The van der Waals surface area contributed by atoms with Crippen LogP contribution < -0.4 is 5.32 Å². The molecular formula is C19H18BrN3O. The number of aromatic nitrogens is 2. The van der Waals surface area contributed by atoms with Gasteiger partial charge in [0.25, 0.3) is 0 Å². The van der Waals surface area contributed by atoms with Gasteiger partial charge in [-0.3, -0.25) is 4.79 Å². The molecule has 5 heteroatoms. The van der Waals surface area contributed by atoms with Gasteiger partial charge in [-0.1, -0.05) is 58.4 Å². The van der Waals surface area contributed by atoms with Crippen molar-refractivity contribution >= 4 is 21.8 Å². The fraction of sp³-hybridized carbons (Fsp3) is 0.158. The summed E-state index contributed by atoms with van der Waals surface area (Å²) >= 11 is 3.41. The summed E-state index contributed by atoms with van der Waals surface area (Å²) < 4.78 is 2.93. The molecule has 3 rings (SSSR count). The van der Waals surface area contributed by atoms with Gasteiger partial charge < -0.3 is 9.88 Å². The summed E-state index contributed by atoms with van der Waals surface area (Å²) in [5.74, 6) is 0.777. The second-order valence-corrected chi connectivity index (χ2v) is 6.53. The van der Waals surface area contributed by atoms with Crippen LogP contribution in [-0.4, -0.2) is 15.5 Å². The summed E-state index contributed by atoms with van der Waals surface area (Å²) in [6.07, 6.45) is 3.96. The molecule has 0 aliphatic heterocycles. The predicted octanol–water partition coefficient (Wildman–Crippen LogP) is 3.63. The third-order valence-corrected chi connectivity index (χ3v) is 4.36. The molecule has 2 aromatic carbocycles. The molecule has 0 aliphatic carbocycles. The van der Waals surface area contributed by atoms with Crippen molar-refractivity contribution in [3.05, 3.63) is 88.4 Å². The summed E-state index contributed by atoms with van der Waals surface area (Å²) in [6.45, 7) is 0. The van der Waals surface area contributed by atoms with Crippen LogP contribution in [0, 0.1) is 0 Å². The summed E-state index contributed by atoms with van der Waals surface area (Å²) in [5, 5.41) is 3.11. The van der Waals surface area contributed by atoms with Crippen LogP contribution in [-0.2, 0) is 18.3 Å². The molecule has 0 bridgehead atoms. The van der Waals surface area contributed by atoms with Crippen LogP contribution in [0.3, 0.4) is 0 Å². The minimum atomic E-state index is -0.269. The molecule has 1 amide bonds. The van der Waals surface area contributed by atoms with Crippen molar-refractivity contribution in [3.8, 4) is 0 Å². The van der Waals surface area contributed by atoms with E-state index in [4.69, 9.17) is 0 Å². The molecule has 1 heterocycles. The first-order valence-electron chi connectivity index (χ1n) is 7.69. The topological polar surface area (TPSA) is 46.9 Å². The van der Waals surface area contributed by atoms with Crippen molar-refractivity contribution in [2.75, 3.05) is 0 Å². The molecule has 0 aliphatic rings. The molecule has 1 unspecified atom stereocenters. The number of benzene rings is 2. The Kier molecular flexibility index (Phi) is 5.11. The zero-order valence-electron chi connectivity index (χ0n) is 13.3. The van der Waals surface area contributed by atoms with Crippen molar-refractivity contribution in [2.45, 2.75) is 12.5 Å². The number of rotatable bonds is 5.